The molecule has 0 unspecified atom stereocenters. The lowest BCUT2D eigenvalue weighted by atomic mass is 9.99. The summed E-state index contributed by atoms with van der Waals surface area (Å²) in [6.45, 7) is 6.40. The van der Waals surface area contributed by atoms with Gasteiger partial charge in [0, 0.05) is 18.8 Å². The van der Waals surface area contributed by atoms with Gasteiger partial charge in [0.1, 0.15) is 17.2 Å². The maximum atomic E-state index is 12.8. The van der Waals surface area contributed by atoms with Crippen molar-refractivity contribution in [3.8, 4) is 0 Å². The highest BCUT2D eigenvalue weighted by molar-refractivity contribution is 5.99. The number of hydrogen-bond donors (Lipinski definition) is 4. The summed E-state index contributed by atoms with van der Waals surface area (Å²) in [6.07, 6.45) is 2.11. The van der Waals surface area contributed by atoms with Crippen LogP contribution in [0.4, 0.5) is 17.3 Å². The molecule has 0 aliphatic carbocycles. The molecule has 9 heteroatoms. The Hall–Kier alpha value is -3.98. The number of pyridine rings is 2. The smallest absolute Gasteiger partial charge is 0.339 e. The Labute approximate surface area is 203 Å². The number of hydrogen-bond acceptors (Lipinski definition) is 7. The number of nitrogens with one attached hydrogen (secondary N) is 2. The second-order valence-corrected chi connectivity index (χ2v) is 8.94. The van der Waals surface area contributed by atoms with E-state index in [2.05, 4.69) is 15.6 Å². The SMILES string of the molecule is CCCN1C(=O)c2ccc(Nc3cc(N[C@H](CO)c4ccccc4)c(C(=O)O)cn3)nc2C1(C)C. The molecule has 4 N–H and O–H groups in total. The number of aromatic nitrogens is 2. The van der Waals surface area contributed by atoms with E-state index >= 15 is 0 Å². The number of amides is 1. The van der Waals surface area contributed by atoms with E-state index in [1.165, 1.54) is 6.20 Å². The minimum atomic E-state index is -1.14. The number of benzene rings is 1. The number of aliphatic hydroxyl groups is 1. The summed E-state index contributed by atoms with van der Waals surface area (Å²) in [4.78, 5) is 35.4. The zero-order valence-electron chi connectivity index (χ0n) is 19.9. The molecule has 0 radical (unpaired) electrons. The quantitative estimate of drug-likeness (QED) is 0.363. The standard InChI is InChI=1S/C26H29N5O4/c1-4-12-31-24(33)17-10-11-21(30-23(17)26(31,2)3)29-22-13-19(18(14-27-22)25(34)35)28-20(15-32)16-8-6-5-7-9-16/h5-11,13-14,20,32H,4,12,15H2,1-3H3,(H,34,35)(H2,27,28,29,30)/t20-/m1/s1. The summed E-state index contributed by atoms with van der Waals surface area (Å²) in [5.74, 6) is -0.297. The van der Waals surface area contributed by atoms with Gasteiger partial charge in [0.15, 0.2) is 0 Å². The molecule has 0 bridgehead atoms. The van der Waals surface area contributed by atoms with E-state index in [0.29, 0.717) is 35.1 Å². The maximum absolute atomic E-state index is 12.8. The second-order valence-electron chi connectivity index (χ2n) is 8.94. The Bertz CT molecular complexity index is 1250. The fourth-order valence-electron chi connectivity index (χ4n) is 4.35. The number of aromatic carboxylic acids is 1. The molecule has 35 heavy (non-hydrogen) atoms. The van der Waals surface area contributed by atoms with Crippen molar-refractivity contribution < 1.29 is 19.8 Å². The first kappa shape index (κ1) is 24.2. The highest BCUT2D eigenvalue weighted by Gasteiger charge is 2.43. The van der Waals surface area contributed by atoms with Gasteiger partial charge in [-0.1, -0.05) is 37.3 Å². The highest BCUT2D eigenvalue weighted by Crippen LogP contribution is 2.38. The number of carbonyl (C=O) groups is 2. The fourth-order valence-corrected chi connectivity index (χ4v) is 4.35. The summed E-state index contributed by atoms with van der Waals surface area (Å²) in [6, 6.07) is 13.8. The molecule has 0 saturated heterocycles. The molecule has 1 aliphatic heterocycles. The number of carbonyl (C=O) groups excluding carboxylic acids is 1. The zero-order chi connectivity index (χ0) is 25.2. The molecule has 2 aromatic heterocycles. The van der Waals surface area contributed by atoms with Gasteiger partial charge in [-0.3, -0.25) is 4.79 Å². The fraction of sp³-hybridized carbons (Fsp3) is 0.308. The molecule has 9 nitrogen and oxygen atoms in total. The van der Waals surface area contributed by atoms with Crippen LogP contribution in [0.15, 0.2) is 54.7 Å². The third-order valence-electron chi connectivity index (χ3n) is 6.18. The average Bonchev–Trinajstić information content (AvgIpc) is 3.03. The van der Waals surface area contributed by atoms with Crippen LogP contribution in [0.5, 0.6) is 0 Å². The first-order chi connectivity index (χ1) is 16.8. The summed E-state index contributed by atoms with van der Waals surface area (Å²) < 4.78 is 0. The number of aliphatic hydroxyl groups excluding tert-OH is 1. The van der Waals surface area contributed by atoms with Gasteiger partial charge in [-0.2, -0.15) is 0 Å². The van der Waals surface area contributed by atoms with Crippen LogP contribution < -0.4 is 10.6 Å². The molecule has 1 amide bonds. The molecular formula is C26H29N5O4. The number of fused-ring (bicyclic) bond motifs is 1. The summed E-state index contributed by atoms with van der Waals surface area (Å²) in [7, 11) is 0. The Kier molecular flexibility index (Phi) is 6.70. The van der Waals surface area contributed by atoms with Gasteiger partial charge in [-0.15, -0.1) is 0 Å². The summed E-state index contributed by atoms with van der Waals surface area (Å²) >= 11 is 0. The molecular weight excluding hydrogens is 446 g/mol. The monoisotopic (exact) mass is 475 g/mol. The lowest BCUT2D eigenvalue weighted by Crippen LogP contribution is -2.39. The van der Waals surface area contributed by atoms with Crippen LogP contribution in [-0.4, -0.2) is 50.1 Å². The highest BCUT2D eigenvalue weighted by atomic mass is 16.4. The van der Waals surface area contributed by atoms with Crippen molar-refractivity contribution in [3.63, 3.8) is 0 Å². The number of anilines is 3. The Morgan fingerprint density at radius 1 is 1.14 bits per heavy atom. The average molecular weight is 476 g/mol. The molecule has 4 rings (SSSR count). The Morgan fingerprint density at radius 3 is 2.54 bits per heavy atom. The topological polar surface area (TPSA) is 128 Å². The van der Waals surface area contributed by atoms with Gasteiger partial charge in [0.25, 0.3) is 5.91 Å². The molecule has 3 heterocycles. The molecule has 182 valence electrons. The van der Waals surface area contributed by atoms with Crippen molar-refractivity contribution in [2.45, 2.75) is 38.8 Å². The van der Waals surface area contributed by atoms with Crippen LogP contribution in [0.2, 0.25) is 0 Å². The minimum Gasteiger partial charge on any atom is -0.478 e. The number of rotatable bonds is 9. The van der Waals surface area contributed by atoms with Crippen LogP contribution in [0.3, 0.4) is 0 Å². The molecule has 1 atom stereocenters. The lowest BCUT2D eigenvalue weighted by molar-refractivity contribution is 0.0613. The predicted molar refractivity (Wildman–Crippen MR) is 133 cm³/mol. The second kappa shape index (κ2) is 9.71. The number of carboxylic acids is 1. The normalized spacial score (nSPS) is 15.0. The van der Waals surface area contributed by atoms with Crippen molar-refractivity contribution in [1.29, 1.82) is 0 Å². The third kappa shape index (κ3) is 4.67. The first-order valence-electron chi connectivity index (χ1n) is 11.5. The van der Waals surface area contributed by atoms with Crippen molar-refractivity contribution in [2.75, 3.05) is 23.8 Å². The van der Waals surface area contributed by atoms with E-state index in [9.17, 15) is 19.8 Å². The van der Waals surface area contributed by atoms with Crippen LogP contribution in [0.25, 0.3) is 0 Å². The maximum Gasteiger partial charge on any atom is 0.339 e. The van der Waals surface area contributed by atoms with Crippen LogP contribution in [0.1, 0.15) is 65.2 Å². The van der Waals surface area contributed by atoms with Crippen molar-refractivity contribution >= 4 is 29.2 Å². The summed E-state index contributed by atoms with van der Waals surface area (Å²) in [5.41, 5.74) is 1.83. The van der Waals surface area contributed by atoms with Gasteiger partial charge in [0.05, 0.1) is 35.1 Å². The van der Waals surface area contributed by atoms with E-state index in [0.717, 1.165) is 12.0 Å². The lowest BCUT2D eigenvalue weighted by Gasteiger charge is -2.31. The molecule has 1 aliphatic rings. The summed E-state index contributed by atoms with van der Waals surface area (Å²) in [5, 5.41) is 25.8. The molecule has 1 aromatic carbocycles. The van der Waals surface area contributed by atoms with Gasteiger partial charge in [0.2, 0.25) is 0 Å². The molecule has 0 fully saturated rings. The van der Waals surface area contributed by atoms with Crippen LogP contribution in [0, 0.1) is 0 Å². The Balaban J connectivity index is 1.63. The number of carboxylic acid groups (broad SMARTS) is 1. The van der Waals surface area contributed by atoms with Gasteiger partial charge >= 0.3 is 5.97 Å². The van der Waals surface area contributed by atoms with Crippen molar-refractivity contribution in [3.05, 3.63) is 77.1 Å². The Morgan fingerprint density at radius 2 is 1.89 bits per heavy atom. The van der Waals surface area contributed by atoms with Gasteiger partial charge in [-0.05, 0) is 38.0 Å². The van der Waals surface area contributed by atoms with Gasteiger partial charge in [-0.25, -0.2) is 14.8 Å². The number of nitrogens with zero attached hydrogens (tertiary/aromatic N) is 3. The van der Waals surface area contributed by atoms with E-state index in [4.69, 9.17) is 4.98 Å². The van der Waals surface area contributed by atoms with E-state index in [1.807, 2.05) is 56.0 Å². The predicted octanol–water partition coefficient (Wildman–Crippen LogP) is 4.16. The molecule has 3 aromatic rings. The van der Waals surface area contributed by atoms with E-state index in [-0.39, 0.29) is 18.1 Å². The zero-order valence-corrected chi connectivity index (χ0v) is 19.9. The first-order valence-corrected chi connectivity index (χ1v) is 11.5. The largest absolute Gasteiger partial charge is 0.478 e. The van der Waals surface area contributed by atoms with Crippen LogP contribution in [-0.2, 0) is 5.54 Å². The van der Waals surface area contributed by atoms with Gasteiger partial charge < -0.3 is 25.7 Å². The minimum absolute atomic E-state index is 0.0196. The molecule has 0 spiro atoms. The van der Waals surface area contributed by atoms with Crippen LogP contribution >= 0.6 is 0 Å². The third-order valence-corrected chi connectivity index (χ3v) is 6.18. The van der Waals surface area contributed by atoms with E-state index < -0.39 is 17.6 Å². The van der Waals surface area contributed by atoms with Crippen molar-refractivity contribution in [2.24, 2.45) is 0 Å². The van der Waals surface area contributed by atoms with Crippen molar-refractivity contribution in [1.82, 2.24) is 14.9 Å². The van der Waals surface area contributed by atoms with E-state index in [1.54, 1.807) is 18.2 Å². The molecule has 0 saturated carbocycles.